The van der Waals surface area contributed by atoms with Gasteiger partial charge in [0.2, 0.25) is 0 Å². The molecule has 2 heteroatoms. The largest absolute Gasteiger partial charge is 0.411 e. The van der Waals surface area contributed by atoms with Crippen LogP contribution < -0.4 is 0 Å². The first-order chi connectivity index (χ1) is 5.17. The summed E-state index contributed by atoms with van der Waals surface area (Å²) in [5.74, 6) is 0.473. The summed E-state index contributed by atoms with van der Waals surface area (Å²) in [5.41, 5.74) is 0.338. The zero-order chi connectivity index (χ0) is 8.32. The molecule has 0 amide bonds. The Morgan fingerprint density at radius 1 is 1.45 bits per heavy atom. The van der Waals surface area contributed by atoms with Crippen molar-refractivity contribution in [3.8, 4) is 0 Å². The van der Waals surface area contributed by atoms with Crippen LogP contribution in [0.1, 0.15) is 39.5 Å². The van der Waals surface area contributed by atoms with Gasteiger partial charge in [0.05, 0.1) is 0 Å². The van der Waals surface area contributed by atoms with E-state index in [-0.39, 0.29) is 0 Å². The second-order valence-electron chi connectivity index (χ2n) is 4.11. The molecule has 1 aliphatic rings. The molecule has 0 aromatic carbocycles. The maximum atomic E-state index is 8.42. The van der Waals surface area contributed by atoms with E-state index in [1.807, 2.05) is 0 Å². The van der Waals surface area contributed by atoms with Gasteiger partial charge in [-0.25, -0.2) is 0 Å². The van der Waals surface area contributed by atoms with Crippen molar-refractivity contribution in [2.45, 2.75) is 39.5 Å². The minimum Gasteiger partial charge on any atom is -0.411 e. The van der Waals surface area contributed by atoms with Crippen molar-refractivity contribution in [1.82, 2.24) is 0 Å². The van der Waals surface area contributed by atoms with Gasteiger partial charge in [0.1, 0.15) is 0 Å². The molecule has 11 heavy (non-hydrogen) atoms. The molecule has 0 spiro atoms. The summed E-state index contributed by atoms with van der Waals surface area (Å²) in [7, 11) is 0. The predicted molar refractivity (Wildman–Crippen MR) is 46.0 cm³/mol. The van der Waals surface area contributed by atoms with Crippen LogP contribution >= 0.6 is 0 Å². The maximum Gasteiger partial charge on any atom is 0.0472 e. The lowest BCUT2D eigenvalue weighted by molar-refractivity contribution is 0.191. The van der Waals surface area contributed by atoms with E-state index in [2.05, 4.69) is 19.0 Å². The molecule has 1 fully saturated rings. The summed E-state index contributed by atoms with van der Waals surface area (Å²) >= 11 is 0. The van der Waals surface area contributed by atoms with Gasteiger partial charge in [-0.15, -0.1) is 5.16 Å². The SMILES string of the molecule is CC1(C)CCCCC1C=NO. The third kappa shape index (κ3) is 1.95. The van der Waals surface area contributed by atoms with Crippen molar-refractivity contribution in [2.24, 2.45) is 16.5 Å². The monoisotopic (exact) mass is 155 g/mol. The highest BCUT2D eigenvalue weighted by molar-refractivity contribution is 5.61. The van der Waals surface area contributed by atoms with Gasteiger partial charge in [-0.05, 0) is 18.3 Å². The van der Waals surface area contributed by atoms with Gasteiger partial charge in [0.25, 0.3) is 0 Å². The van der Waals surface area contributed by atoms with E-state index in [9.17, 15) is 0 Å². The third-order valence-corrected chi connectivity index (χ3v) is 2.84. The average Bonchev–Trinajstić information content (AvgIpc) is 1.94. The number of rotatable bonds is 1. The van der Waals surface area contributed by atoms with Gasteiger partial charge in [-0.1, -0.05) is 26.7 Å². The van der Waals surface area contributed by atoms with Crippen LogP contribution in [0.5, 0.6) is 0 Å². The molecule has 64 valence electrons. The minimum atomic E-state index is 0.338. The fourth-order valence-corrected chi connectivity index (χ4v) is 1.88. The summed E-state index contributed by atoms with van der Waals surface area (Å²) < 4.78 is 0. The van der Waals surface area contributed by atoms with Gasteiger partial charge in [-0.2, -0.15) is 0 Å². The molecule has 1 aliphatic carbocycles. The van der Waals surface area contributed by atoms with E-state index in [4.69, 9.17) is 5.21 Å². The van der Waals surface area contributed by atoms with Crippen LogP contribution in [0.4, 0.5) is 0 Å². The van der Waals surface area contributed by atoms with E-state index in [1.165, 1.54) is 25.7 Å². The van der Waals surface area contributed by atoms with E-state index in [0.29, 0.717) is 11.3 Å². The van der Waals surface area contributed by atoms with Gasteiger partial charge >= 0.3 is 0 Å². The van der Waals surface area contributed by atoms with Crippen molar-refractivity contribution < 1.29 is 5.21 Å². The Kier molecular flexibility index (Phi) is 2.53. The van der Waals surface area contributed by atoms with Crippen molar-refractivity contribution in [2.75, 3.05) is 0 Å². The van der Waals surface area contributed by atoms with Crippen LogP contribution in [-0.2, 0) is 0 Å². The van der Waals surface area contributed by atoms with Gasteiger partial charge in [-0.3, -0.25) is 0 Å². The van der Waals surface area contributed by atoms with E-state index in [1.54, 1.807) is 6.21 Å². The molecule has 1 unspecified atom stereocenters. The Hall–Kier alpha value is -0.530. The van der Waals surface area contributed by atoms with Crippen molar-refractivity contribution >= 4 is 6.21 Å². The van der Waals surface area contributed by atoms with Crippen LogP contribution in [-0.4, -0.2) is 11.4 Å². The molecule has 0 aromatic rings. The fourth-order valence-electron chi connectivity index (χ4n) is 1.88. The molecule has 2 nitrogen and oxygen atoms in total. The Labute approximate surface area is 68.3 Å². The van der Waals surface area contributed by atoms with Crippen molar-refractivity contribution in [1.29, 1.82) is 0 Å². The quantitative estimate of drug-likeness (QED) is 0.352. The number of hydrogen-bond donors (Lipinski definition) is 1. The van der Waals surface area contributed by atoms with Gasteiger partial charge < -0.3 is 5.21 Å². The molecular formula is C9H17NO. The highest BCUT2D eigenvalue weighted by atomic mass is 16.4. The van der Waals surface area contributed by atoms with Crippen molar-refractivity contribution in [3.63, 3.8) is 0 Å². The van der Waals surface area contributed by atoms with E-state index in [0.717, 1.165) is 0 Å². The number of oxime groups is 1. The Bertz CT molecular complexity index is 152. The zero-order valence-corrected chi connectivity index (χ0v) is 7.38. The topological polar surface area (TPSA) is 32.6 Å². The average molecular weight is 155 g/mol. The lowest BCUT2D eigenvalue weighted by atomic mass is 9.69. The molecule has 1 rings (SSSR count). The molecule has 1 N–H and O–H groups in total. The van der Waals surface area contributed by atoms with Crippen LogP contribution in [0, 0.1) is 11.3 Å². The molecule has 0 aromatic heterocycles. The van der Waals surface area contributed by atoms with Gasteiger partial charge in [0.15, 0.2) is 0 Å². The molecule has 1 saturated carbocycles. The summed E-state index contributed by atoms with van der Waals surface area (Å²) in [6, 6.07) is 0. The van der Waals surface area contributed by atoms with Gasteiger partial charge in [0, 0.05) is 12.1 Å². The number of nitrogens with zero attached hydrogens (tertiary/aromatic N) is 1. The fraction of sp³-hybridized carbons (Fsp3) is 0.889. The third-order valence-electron chi connectivity index (χ3n) is 2.84. The lowest BCUT2D eigenvalue weighted by Gasteiger charge is -2.35. The van der Waals surface area contributed by atoms with Crippen LogP contribution in [0.15, 0.2) is 5.16 Å². The first kappa shape index (κ1) is 8.57. The molecule has 1 atom stereocenters. The molecule has 0 aliphatic heterocycles. The molecule has 0 radical (unpaired) electrons. The number of hydrogen-bond acceptors (Lipinski definition) is 2. The highest BCUT2D eigenvalue weighted by Gasteiger charge is 2.30. The molecule has 0 bridgehead atoms. The molecule has 0 saturated heterocycles. The first-order valence-corrected chi connectivity index (χ1v) is 4.34. The van der Waals surface area contributed by atoms with E-state index < -0.39 is 0 Å². The minimum absolute atomic E-state index is 0.338. The summed E-state index contributed by atoms with van der Waals surface area (Å²) in [6.45, 7) is 4.50. The Morgan fingerprint density at radius 2 is 2.18 bits per heavy atom. The van der Waals surface area contributed by atoms with Crippen LogP contribution in [0.25, 0.3) is 0 Å². The standard InChI is InChI=1S/C9H17NO/c1-9(2)6-4-3-5-8(9)7-10-11/h7-8,11H,3-6H2,1-2H3. The predicted octanol–water partition coefficient (Wildman–Crippen LogP) is 2.66. The Morgan fingerprint density at radius 3 is 2.73 bits per heavy atom. The second-order valence-corrected chi connectivity index (χ2v) is 4.11. The van der Waals surface area contributed by atoms with Crippen LogP contribution in [0.2, 0.25) is 0 Å². The van der Waals surface area contributed by atoms with Crippen LogP contribution in [0.3, 0.4) is 0 Å². The summed E-state index contributed by atoms with van der Waals surface area (Å²) in [6.07, 6.45) is 6.72. The zero-order valence-electron chi connectivity index (χ0n) is 7.38. The normalized spacial score (nSPS) is 30.9. The first-order valence-electron chi connectivity index (χ1n) is 4.34. The molecule has 0 heterocycles. The van der Waals surface area contributed by atoms with Crippen molar-refractivity contribution in [3.05, 3.63) is 0 Å². The summed E-state index contributed by atoms with van der Waals surface area (Å²) in [4.78, 5) is 0. The molecular weight excluding hydrogens is 138 g/mol. The summed E-state index contributed by atoms with van der Waals surface area (Å²) in [5, 5.41) is 11.6. The highest BCUT2D eigenvalue weighted by Crippen LogP contribution is 2.39. The Balaban J connectivity index is 2.59. The second kappa shape index (κ2) is 3.24. The lowest BCUT2D eigenvalue weighted by Crippen LogP contribution is -2.28. The van der Waals surface area contributed by atoms with E-state index >= 15 is 0 Å². The smallest absolute Gasteiger partial charge is 0.0472 e. The maximum absolute atomic E-state index is 8.42.